The van der Waals surface area contributed by atoms with Gasteiger partial charge in [-0.1, -0.05) is 55.5 Å². The maximum absolute atomic E-state index is 11.4. The topological polar surface area (TPSA) is 71.5 Å². The van der Waals surface area contributed by atoms with Crippen LogP contribution in [-0.4, -0.2) is 26.4 Å². The Kier molecular flexibility index (Phi) is 4.57. The molecule has 0 saturated heterocycles. The van der Waals surface area contributed by atoms with Gasteiger partial charge in [-0.15, -0.1) is 5.10 Å². The van der Waals surface area contributed by atoms with Gasteiger partial charge in [0.05, 0.1) is 0 Å². The number of Topliss-reactive ketones (excluding diaryl/α,β-unsaturated/α-hetero) is 1. The van der Waals surface area contributed by atoms with Gasteiger partial charge in [-0.2, -0.15) is 0 Å². The SMILES string of the molecule is CCC(=O)CCc1ccc(-c2ccccc2-c2nnn[nH]2)cc1. The van der Waals surface area contributed by atoms with Crippen LogP contribution in [0.4, 0.5) is 0 Å². The minimum atomic E-state index is 0.303. The third-order valence-corrected chi connectivity index (χ3v) is 3.88. The number of benzene rings is 2. The first-order valence-corrected chi connectivity index (χ1v) is 7.72. The highest BCUT2D eigenvalue weighted by molar-refractivity contribution is 5.80. The van der Waals surface area contributed by atoms with Crippen LogP contribution in [-0.2, 0) is 11.2 Å². The Morgan fingerprint density at radius 1 is 1.04 bits per heavy atom. The summed E-state index contributed by atoms with van der Waals surface area (Å²) in [4.78, 5) is 11.4. The van der Waals surface area contributed by atoms with Gasteiger partial charge < -0.3 is 0 Å². The second kappa shape index (κ2) is 6.96. The molecule has 0 radical (unpaired) electrons. The van der Waals surface area contributed by atoms with Gasteiger partial charge in [-0.3, -0.25) is 4.79 Å². The standard InChI is InChI=1S/C18H18N4O/c1-2-15(23)12-9-13-7-10-14(11-8-13)16-5-3-4-6-17(16)18-19-21-22-20-18/h3-8,10-11H,2,9,12H2,1H3,(H,19,20,21,22). The van der Waals surface area contributed by atoms with Crippen LogP contribution in [0.2, 0.25) is 0 Å². The maximum atomic E-state index is 11.4. The van der Waals surface area contributed by atoms with Crippen molar-refractivity contribution in [3.05, 3.63) is 54.1 Å². The van der Waals surface area contributed by atoms with Gasteiger partial charge in [-0.05, 0) is 33.5 Å². The fourth-order valence-electron chi connectivity index (χ4n) is 2.53. The van der Waals surface area contributed by atoms with Crippen LogP contribution in [0, 0.1) is 0 Å². The molecule has 5 nitrogen and oxygen atoms in total. The Hall–Kier alpha value is -2.82. The molecule has 1 N–H and O–H groups in total. The second-order valence-electron chi connectivity index (χ2n) is 5.38. The lowest BCUT2D eigenvalue weighted by Gasteiger charge is -2.08. The Morgan fingerprint density at radius 3 is 2.43 bits per heavy atom. The molecule has 0 aliphatic carbocycles. The van der Waals surface area contributed by atoms with E-state index >= 15 is 0 Å². The molecule has 0 aliphatic heterocycles. The fourth-order valence-corrected chi connectivity index (χ4v) is 2.53. The molecule has 5 heteroatoms. The van der Waals surface area contributed by atoms with E-state index in [9.17, 15) is 4.79 Å². The molecule has 1 heterocycles. The van der Waals surface area contributed by atoms with E-state index in [1.54, 1.807) is 0 Å². The van der Waals surface area contributed by atoms with Crippen molar-refractivity contribution in [1.29, 1.82) is 0 Å². The van der Waals surface area contributed by atoms with Crippen LogP contribution in [0.3, 0.4) is 0 Å². The van der Waals surface area contributed by atoms with Crippen LogP contribution in [0.25, 0.3) is 22.5 Å². The fraction of sp³-hybridized carbons (Fsp3) is 0.222. The van der Waals surface area contributed by atoms with Gasteiger partial charge in [0.1, 0.15) is 5.78 Å². The van der Waals surface area contributed by atoms with E-state index in [1.165, 1.54) is 5.56 Å². The summed E-state index contributed by atoms with van der Waals surface area (Å²) in [5.41, 5.74) is 4.31. The zero-order valence-corrected chi connectivity index (χ0v) is 13.0. The summed E-state index contributed by atoms with van der Waals surface area (Å²) in [6, 6.07) is 16.3. The van der Waals surface area contributed by atoms with Crippen LogP contribution in [0.5, 0.6) is 0 Å². The number of nitrogens with zero attached hydrogens (tertiary/aromatic N) is 3. The van der Waals surface area contributed by atoms with Crippen LogP contribution in [0.15, 0.2) is 48.5 Å². The third kappa shape index (κ3) is 3.51. The molecule has 1 aromatic heterocycles. The average Bonchev–Trinajstić information content (AvgIpc) is 3.14. The number of hydrogen-bond acceptors (Lipinski definition) is 4. The average molecular weight is 306 g/mol. The van der Waals surface area contributed by atoms with Crippen molar-refractivity contribution < 1.29 is 4.79 Å². The molecule has 0 spiro atoms. The maximum Gasteiger partial charge on any atom is 0.180 e. The number of carbonyl (C=O) groups is 1. The monoisotopic (exact) mass is 306 g/mol. The summed E-state index contributed by atoms with van der Waals surface area (Å²) in [6.45, 7) is 1.90. The minimum Gasteiger partial charge on any atom is -0.300 e. The highest BCUT2D eigenvalue weighted by Gasteiger charge is 2.09. The van der Waals surface area contributed by atoms with Crippen molar-refractivity contribution in [3.63, 3.8) is 0 Å². The lowest BCUT2D eigenvalue weighted by atomic mass is 9.97. The van der Waals surface area contributed by atoms with E-state index in [1.807, 2.05) is 31.2 Å². The summed E-state index contributed by atoms with van der Waals surface area (Å²) < 4.78 is 0. The van der Waals surface area contributed by atoms with Crippen molar-refractivity contribution >= 4 is 5.78 Å². The lowest BCUT2D eigenvalue weighted by molar-refractivity contribution is -0.118. The van der Waals surface area contributed by atoms with Gasteiger partial charge in [-0.25, -0.2) is 5.10 Å². The molecule has 0 atom stereocenters. The van der Waals surface area contributed by atoms with Crippen LogP contribution in [0.1, 0.15) is 25.3 Å². The van der Waals surface area contributed by atoms with Crippen LogP contribution >= 0.6 is 0 Å². The van der Waals surface area contributed by atoms with Crippen molar-refractivity contribution in [2.75, 3.05) is 0 Å². The Balaban J connectivity index is 1.84. The van der Waals surface area contributed by atoms with Crippen molar-refractivity contribution in [2.45, 2.75) is 26.2 Å². The Morgan fingerprint density at radius 2 is 1.78 bits per heavy atom. The summed E-state index contributed by atoms with van der Waals surface area (Å²) in [7, 11) is 0. The zero-order chi connectivity index (χ0) is 16.1. The highest BCUT2D eigenvalue weighted by Crippen LogP contribution is 2.29. The highest BCUT2D eigenvalue weighted by atomic mass is 16.1. The van der Waals surface area contributed by atoms with E-state index < -0.39 is 0 Å². The molecular weight excluding hydrogens is 288 g/mol. The van der Waals surface area contributed by atoms with Crippen molar-refractivity contribution in [1.82, 2.24) is 20.6 Å². The molecule has 0 bridgehead atoms. The predicted molar refractivity (Wildman–Crippen MR) is 88.7 cm³/mol. The van der Waals surface area contributed by atoms with E-state index in [0.717, 1.165) is 23.1 Å². The molecule has 0 fully saturated rings. The van der Waals surface area contributed by atoms with Gasteiger partial charge in [0, 0.05) is 18.4 Å². The van der Waals surface area contributed by atoms with Gasteiger partial charge in [0.25, 0.3) is 0 Å². The number of H-pyrrole nitrogens is 1. The molecule has 0 aliphatic rings. The number of rotatable bonds is 6. The first-order chi connectivity index (χ1) is 11.3. The van der Waals surface area contributed by atoms with Gasteiger partial charge in [0.2, 0.25) is 0 Å². The number of aryl methyl sites for hydroxylation is 1. The Bertz CT molecular complexity index is 779. The molecule has 0 amide bonds. The van der Waals surface area contributed by atoms with E-state index in [0.29, 0.717) is 24.4 Å². The summed E-state index contributed by atoms with van der Waals surface area (Å²) >= 11 is 0. The van der Waals surface area contributed by atoms with Gasteiger partial charge >= 0.3 is 0 Å². The molecule has 23 heavy (non-hydrogen) atoms. The lowest BCUT2D eigenvalue weighted by Crippen LogP contribution is -1.97. The van der Waals surface area contributed by atoms with Gasteiger partial charge in [0.15, 0.2) is 5.82 Å². The Labute approximate surface area is 134 Å². The number of hydrogen-bond donors (Lipinski definition) is 1. The first kappa shape index (κ1) is 15.1. The van der Waals surface area contributed by atoms with Crippen LogP contribution < -0.4 is 0 Å². The number of tetrazole rings is 1. The second-order valence-corrected chi connectivity index (χ2v) is 5.38. The molecule has 0 unspecified atom stereocenters. The third-order valence-electron chi connectivity index (χ3n) is 3.88. The van der Waals surface area contributed by atoms with Crippen molar-refractivity contribution in [3.8, 4) is 22.5 Å². The number of aromatic amines is 1. The number of aromatic nitrogens is 4. The number of carbonyl (C=O) groups excluding carboxylic acids is 1. The molecule has 116 valence electrons. The molecular formula is C18H18N4O. The molecule has 3 aromatic rings. The van der Waals surface area contributed by atoms with E-state index in [2.05, 4.69) is 44.9 Å². The van der Waals surface area contributed by atoms with Crippen molar-refractivity contribution in [2.24, 2.45) is 0 Å². The molecule has 3 rings (SSSR count). The summed E-state index contributed by atoms with van der Waals surface area (Å²) in [5.74, 6) is 0.954. The minimum absolute atomic E-state index is 0.303. The zero-order valence-electron chi connectivity index (χ0n) is 13.0. The molecule has 2 aromatic carbocycles. The first-order valence-electron chi connectivity index (χ1n) is 7.72. The molecule has 0 saturated carbocycles. The number of nitrogens with one attached hydrogen (secondary N) is 1. The summed E-state index contributed by atoms with van der Waals surface area (Å²) in [5, 5.41) is 14.1. The normalized spacial score (nSPS) is 10.7. The van der Waals surface area contributed by atoms with E-state index in [-0.39, 0.29) is 0 Å². The smallest absolute Gasteiger partial charge is 0.180 e. The quantitative estimate of drug-likeness (QED) is 0.757. The predicted octanol–water partition coefficient (Wildman–Crippen LogP) is 3.45. The summed E-state index contributed by atoms with van der Waals surface area (Å²) in [6.07, 6.45) is 2.01. The van der Waals surface area contributed by atoms with E-state index in [4.69, 9.17) is 0 Å². The number of ketones is 1. The largest absolute Gasteiger partial charge is 0.300 e.